The Balaban J connectivity index is 1.90. The number of carbonyl (C=O) groups excluding carboxylic acids is 2. The van der Waals surface area contributed by atoms with Gasteiger partial charge in [0.2, 0.25) is 0 Å². The first kappa shape index (κ1) is 18.2. The molecule has 1 aliphatic heterocycles. The Hall–Kier alpha value is -2.57. The van der Waals surface area contributed by atoms with Crippen LogP contribution in [0.15, 0.2) is 47.6 Å². The van der Waals surface area contributed by atoms with Crippen LogP contribution in [0.1, 0.15) is 18.1 Å². The predicted molar refractivity (Wildman–Crippen MR) is 99.8 cm³/mol. The number of methoxy groups -OCH3 is 1. The summed E-state index contributed by atoms with van der Waals surface area (Å²) < 4.78 is 5.11. The molecule has 26 heavy (non-hydrogen) atoms. The zero-order valence-electron chi connectivity index (χ0n) is 14.0. The number of nitrogens with one attached hydrogen (secondary N) is 1. The minimum absolute atomic E-state index is 0.367. The van der Waals surface area contributed by atoms with E-state index in [0.717, 1.165) is 5.01 Å². The lowest BCUT2D eigenvalue weighted by molar-refractivity contribution is -0.131. The van der Waals surface area contributed by atoms with E-state index in [1.807, 2.05) is 0 Å². The summed E-state index contributed by atoms with van der Waals surface area (Å²) >= 11 is 12.2. The number of carbonyl (C=O) groups is 2. The van der Waals surface area contributed by atoms with Crippen LogP contribution in [-0.2, 0) is 10.3 Å². The second kappa shape index (κ2) is 6.97. The lowest BCUT2D eigenvalue weighted by Crippen LogP contribution is -2.40. The Morgan fingerprint density at radius 1 is 1.12 bits per heavy atom. The fourth-order valence-electron chi connectivity index (χ4n) is 2.60. The summed E-state index contributed by atoms with van der Waals surface area (Å²) in [7, 11) is 1.55. The van der Waals surface area contributed by atoms with E-state index in [0.29, 0.717) is 26.9 Å². The first-order valence-corrected chi connectivity index (χ1v) is 8.41. The van der Waals surface area contributed by atoms with Crippen molar-refractivity contribution in [2.45, 2.75) is 12.5 Å². The number of hydrogen-bond acceptors (Lipinski definition) is 4. The van der Waals surface area contributed by atoms with Gasteiger partial charge in [0.1, 0.15) is 11.3 Å². The van der Waals surface area contributed by atoms with Crippen molar-refractivity contribution in [1.82, 2.24) is 10.3 Å². The van der Waals surface area contributed by atoms with Crippen LogP contribution in [0.5, 0.6) is 5.75 Å². The topological polar surface area (TPSA) is 71.0 Å². The van der Waals surface area contributed by atoms with E-state index in [-0.39, 0.29) is 0 Å². The Bertz CT molecular complexity index is 879. The van der Waals surface area contributed by atoms with Crippen molar-refractivity contribution in [3.63, 3.8) is 0 Å². The first-order chi connectivity index (χ1) is 12.4. The number of rotatable bonds is 4. The molecule has 1 heterocycles. The first-order valence-electron chi connectivity index (χ1n) is 7.66. The van der Waals surface area contributed by atoms with Gasteiger partial charge in [-0.05, 0) is 36.8 Å². The number of amides is 3. The van der Waals surface area contributed by atoms with Gasteiger partial charge >= 0.3 is 6.03 Å². The minimum Gasteiger partial charge on any atom is -0.497 e. The van der Waals surface area contributed by atoms with Crippen molar-refractivity contribution in [2.75, 3.05) is 7.11 Å². The summed E-state index contributed by atoms with van der Waals surface area (Å²) in [5, 5.41) is 8.15. The van der Waals surface area contributed by atoms with Gasteiger partial charge in [0.25, 0.3) is 5.91 Å². The quantitative estimate of drug-likeness (QED) is 0.636. The Labute approximate surface area is 160 Å². The largest absolute Gasteiger partial charge is 0.497 e. The van der Waals surface area contributed by atoms with E-state index in [1.54, 1.807) is 56.5 Å². The highest BCUT2D eigenvalue weighted by Crippen LogP contribution is 2.30. The summed E-state index contributed by atoms with van der Waals surface area (Å²) in [4.78, 5) is 25.1. The minimum atomic E-state index is -1.23. The van der Waals surface area contributed by atoms with Crippen molar-refractivity contribution in [1.29, 1.82) is 0 Å². The average Bonchev–Trinajstić information content (AvgIpc) is 2.85. The molecule has 8 heteroatoms. The van der Waals surface area contributed by atoms with Gasteiger partial charge in [-0.15, -0.1) is 5.01 Å². The third-order valence-electron chi connectivity index (χ3n) is 4.14. The maximum atomic E-state index is 12.8. The molecule has 0 spiro atoms. The molecule has 0 aromatic heterocycles. The average molecular weight is 392 g/mol. The van der Waals surface area contributed by atoms with Gasteiger partial charge in [-0.25, -0.2) is 4.79 Å². The van der Waals surface area contributed by atoms with E-state index < -0.39 is 17.5 Å². The second-order valence-electron chi connectivity index (χ2n) is 5.78. The van der Waals surface area contributed by atoms with E-state index in [9.17, 15) is 9.59 Å². The fraction of sp³-hybridized carbons (Fsp3) is 0.167. The van der Waals surface area contributed by atoms with Gasteiger partial charge in [-0.3, -0.25) is 4.79 Å². The molecular formula is C18H15Cl2N3O3. The number of nitrogens with zero attached hydrogens (tertiary/aromatic N) is 2. The standard InChI is InChI=1S/C18H15Cl2N3O3/c1-18(11-6-8-12(26-2)9-7-11)16(24)23(17(25)22-18)21-10-13-14(19)4-3-5-15(13)20/h3-10H,1-2H3,(H,22,25)/t18-/m1/s1. The summed E-state index contributed by atoms with van der Waals surface area (Å²) in [6, 6.07) is 11.2. The number of urea groups is 1. The van der Waals surface area contributed by atoms with Crippen molar-refractivity contribution in [3.8, 4) is 5.75 Å². The number of hydrogen-bond donors (Lipinski definition) is 1. The molecule has 2 aromatic rings. The zero-order chi connectivity index (χ0) is 18.9. The van der Waals surface area contributed by atoms with Crippen LogP contribution in [0.3, 0.4) is 0 Å². The molecular weight excluding hydrogens is 377 g/mol. The van der Waals surface area contributed by atoms with Crippen molar-refractivity contribution < 1.29 is 14.3 Å². The highest BCUT2D eigenvalue weighted by Gasteiger charge is 2.49. The molecule has 3 rings (SSSR count). The van der Waals surface area contributed by atoms with Crippen LogP contribution in [0, 0.1) is 0 Å². The molecule has 1 fully saturated rings. The van der Waals surface area contributed by atoms with Crippen LogP contribution in [0.25, 0.3) is 0 Å². The van der Waals surface area contributed by atoms with Gasteiger partial charge in [-0.1, -0.05) is 41.4 Å². The van der Waals surface area contributed by atoms with E-state index in [2.05, 4.69) is 10.4 Å². The number of imide groups is 1. The number of halogens is 2. The summed E-state index contributed by atoms with van der Waals surface area (Å²) in [6.45, 7) is 1.62. The van der Waals surface area contributed by atoms with Gasteiger partial charge < -0.3 is 10.1 Å². The molecule has 3 amide bonds. The fourth-order valence-corrected chi connectivity index (χ4v) is 3.09. The predicted octanol–water partition coefficient (Wildman–Crippen LogP) is 3.80. The molecule has 0 saturated carbocycles. The molecule has 0 unspecified atom stereocenters. The smallest absolute Gasteiger partial charge is 0.346 e. The highest BCUT2D eigenvalue weighted by molar-refractivity contribution is 6.38. The lowest BCUT2D eigenvalue weighted by Gasteiger charge is -2.21. The maximum Gasteiger partial charge on any atom is 0.346 e. The molecule has 0 radical (unpaired) electrons. The monoisotopic (exact) mass is 391 g/mol. The summed E-state index contributed by atoms with van der Waals surface area (Å²) in [5.74, 6) is 0.143. The third kappa shape index (κ3) is 3.13. The van der Waals surface area contributed by atoms with Crippen LogP contribution >= 0.6 is 23.2 Å². The SMILES string of the molecule is COc1ccc([C@@]2(C)NC(=O)N(N=Cc3c(Cl)cccc3Cl)C2=O)cc1. The molecule has 1 N–H and O–H groups in total. The van der Waals surface area contributed by atoms with Crippen molar-refractivity contribution in [2.24, 2.45) is 5.10 Å². The normalized spacial score (nSPS) is 19.9. The molecule has 1 aliphatic rings. The Morgan fingerprint density at radius 3 is 2.31 bits per heavy atom. The zero-order valence-corrected chi connectivity index (χ0v) is 15.5. The van der Waals surface area contributed by atoms with Crippen LogP contribution in [0.4, 0.5) is 4.79 Å². The second-order valence-corrected chi connectivity index (χ2v) is 6.59. The van der Waals surface area contributed by atoms with Gasteiger partial charge in [-0.2, -0.15) is 5.10 Å². The van der Waals surface area contributed by atoms with Crippen molar-refractivity contribution in [3.05, 3.63) is 63.6 Å². The van der Waals surface area contributed by atoms with Crippen LogP contribution in [-0.4, -0.2) is 30.3 Å². The molecule has 0 aliphatic carbocycles. The highest BCUT2D eigenvalue weighted by atomic mass is 35.5. The summed E-state index contributed by atoms with van der Waals surface area (Å²) in [6.07, 6.45) is 1.29. The van der Waals surface area contributed by atoms with E-state index in [4.69, 9.17) is 27.9 Å². The Kier molecular flexibility index (Phi) is 4.89. The van der Waals surface area contributed by atoms with Gasteiger partial charge in [0.15, 0.2) is 0 Å². The number of ether oxygens (including phenoxy) is 1. The number of benzene rings is 2. The maximum absolute atomic E-state index is 12.8. The molecule has 1 saturated heterocycles. The molecule has 1 atom stereocenters. The Morgan fingerprint density at radius 2 is 1.73 bits per heavy atom. The molecule has 2 aromatic carbocycles. The number of hydrazone groups is 1. The van der Waals surface area contributed by atoms with E-state index >= 15 is 0 Å². The molecule has 6 nitrogen and oxygen atoms in total. The molecule has 134 valence electrons. The van der Waals surface area contributed by atoms with Crippen molar-refractivity contribution >= 4 is 41.4 Å². The van der Waals surface area contributed by atoms with Gasteiger partial charge in [0, 0.05) is 5.56 Å². The van der Waals surface area contributed by atoms with Crippen LogP contribution < -0.4 is 10.1 Å². The van der Waals surface area contributed by atoms with Gasteiger partial charge in [0.05, 0.1) is 23.4 Å². The van der Waals surface area contributed by atoms with E-state index in [1.165, 1.54) is 6.21 Å². The third-order valence-corrected chi connectivity index (χ3v) is 4.80. The molecule has 0 bridgehead atoms. The lowest BCUT2D eigenvalue weighted by atomic mass is 9.92. The summed E-state index contributed by atoms with van der Waals surface area (Å²) in [5.41, 5.74) is -0.190. The van der Waals surface area contributed by atoms with Crippen LogP contribution in [0.2, 0.25) is 10.0 Å².